The van der Waals surface area contributed by atoms with Crippen LogP contribution in [0.15, 0.2) is 41.8 Å². The highest BCUT2D eigenvalue weighted by Crippen LogP contribution is 2.28. The Labute approximate surface area is 135 Å². The number of rotatable bonds is 5. The molecule has 1 aliphatic heterocycles. The molecule has 3 heterocycles. The van der Waals surface area contributed by atoms with Crippen LogP contribution in [0.5, 0.6) is 0 Å². The lowest BCUT2D eigenvalue weighted by atomic mass is 10.0. The van der Waals surface area contributed by atoms with Gasteiger partial charge in [0, 0.05) is 31.7 Å². The molecular formula is C15H20N4O3S. The molecule has 1 N–H and O–H groups in total. The van der Waals surface area contributed by atoms with Gasteiger partial charge in [0.2, 0.25) is 0 Å². The van der Waals surface area contributed by atoms with Crippen molar-refractivity contribution in [1.82, 2.24) is 19.3 Å². The fraction of sp³-hybridized carbons (Fsp3) is 0.467. The van der Waals surface area contributed by atoms with Crippen LogP contribution in [0.4, 0.5) is 0 Å². The molecule has 0 aromatic carbocycles. The van der Waals surface area contributed by atoms with Crippen molar-refractivity contribution in [2.45, 2.75) is 43.5 Å². The average Bonchev–Trinajstić information content (AvgIpc) is 3.04. The number of nitrogens with zero attached hydrogens (tertiary/aromatic N) is 3. The molecule has 124 valence electrons. The van der Waals surface area contributed by atoms with E-state index in [1.807, 2.05) is 17.7 Å². The molecule has 0 spiro atoms. The van der Waals surface area contributed by atoms with Crippen LogP contribution in [0.3, 0.4) is 0 Å². The Hall–Kier alpha value is -1.77. The van der Waals surface area contributed by atoms with E-state index in [4.69, 9.17) is 4.74 Å². The van der Waals surface area contributed by atoms with Crippen LogP contribution in [0.2, 0.25) is 0 Å². The minimum absolute atomic E-state index is 0.0168. The van der Waals surface area contributed by atoms with Crippen molar-refractivity contribution in [3.05, 3.63) is 42.6 Å². The zero-order valence-corrected chi connectivity index (χ0v) is 13.7. The van der Waals surface area contributed by atoms with Crippen LogP contribution >= 0.6 is 0 Å². The van der Waals surface area contributed by atoms with E-state index < -0.39 is 16.1 Å². The average molecular weight is 336 g/mol. The number of nitrogens with one attached hydrogen (secondary N) is 1. The Morgan fingerprint density at radius 3 is 2.96 bits per heavy atom. The van der Waals surface area contributed by atoms with E-state index in [1.165, 1.54) is 12.3 Å². The highest BCUT2D eigenvalue weighted by molar-refractivity contribution is 7.89. The predicted molar refractivity (Wildman–Crippen MR) is 84.2 cm³/mol. The lowest BCUT2D eigenvalue weighted by Crippen LogP contribution is -2.43. The lowest BCUT2D eigenvalue weighted by molar-refractivity contribution is -0.0116. The minimum atomic E-state index is -3.68. The van der Waals surface area contributed by atoms with Crippen molar-refractivity contribution in [3.63, 3.8) is 0 Å². The summed E-state index contributed by atoms with van der Waals surface area (Å²) in [5, 5.41) is 0.0168. The minimum Gasteiger partial charge on any atom is -0.369 e. The third-order valence-electron chi connectivity index (χ3n) is 3.88. The summed E-state index contributed by atoms with van der Waals surface area (Å²) in [6, 6.07) is 4.46. The Balaban J connectivity index is 1.85. The van der Waals surface area contributed by atoms with Gasteiger partial charge in [-0.05, 0) is 31.9 Å². The number of aromatic nitrogens is 3. The third kappa shape index (κ3) is 3.44. The molecule has 3 rings (SSSR count). The van der Waals surface area contributed by atoms with Gasteiger partial charge in [-0.25, -0.2) is 23.1 Å². The topological polar surface area (TPSA) is 86.1 Å². The molecule has 0 unspecified atom stereocenters. The van der Waals surface area contributed by atoms with E-state index in [0.717, 1.165) is 18.8 Å². The number of sulfonamides is 1. The SMILES string of the molecule is CCn1ccnc1[C@H]1OCCC[C@@H]1NS(=O)(=O)c1ccccn1. The molecule has 0 radical (unpaired) electrons. The van der Waals surface area contributed by atoms with E-state index in [2.05, 4.69) is 14.7 Å². The number of aryl methyl sites for hydroxylation is 1. The summed E-state index contributed by atoms with van der Waals surface area (Å²) in [7, 11) is -3.68. The molecule has 2 aromatic heterocycles. The molecule has 0 aliphatic carbocycles. The van der Waals surface area contributed by atoms with Crippen molar-refractivity contribution >= 4 is 10.0 Å². The molecule has 2 atom stereocenters. The van der Waals surface area contributed by atoms with Gasteiger partial charge >= 0.3 is 0 Å². The molecule has 23 heavy (non-hydrogen) atoms. The lowest BCUT2D eigenvalue weighted by Gasteiger charge is -2.31. The zero-order valence-electron chi connectivity index (χ0n) is 12.9. The van der Waals surface area contributed by atoms with Gasteiger partial charge in [0.1, 0.15) is 11.9 Å². The summed E-state index contributed by atoms with van der Waals surface area (Å²) in [5.41, 5.74) is 0. The normalized spacial score (nSPS) is 22.1. The van der Waals surface area contributed by atoms with Crippen LogP contribution in [-0.4, -0.2) is 35.6 Å². The molecule has 1 fully saturated rings. The number of hydrogen-bond acceptors (Lipinski definition) is 5. The summed E-state index contributed by atoms with van der Waals surface area (Å²) >= 11 is 0. The fourth-order valence-electron chi connectivity index (χ4n) is 2.77. The number of imidazole rings is 1. The molecule has 0 amide bonds. The van der Waals surface area contributed by atoms with Crippen LogP contribution in [0.25, 0.3) is 0 Å². The van der Waals surface area contributed by atoms with E-state index in [9.17, 15) is 8.42 Å². The first-order chi connectivity index (χ1) is 11.1. The third-order valence-corrected chi connectivity index (χ3v) is 5.29. The fourth-order valence-corrected chi connectivity index (χ4v) is 3.99. The van der Waals surface area contributed by atoms with E-state index in [-0.39, 0.29) is 11.1 Å². The van der Waals surface area contributed by atoms with Gasteiger partial charge in [0.25, 0.3) is 10.0 Å². The molecule has 8 heteroatoms. The Bertz CT molecular complexity index is 745. The quantitative estimate of drug-likeness (QED) is 0.894. The molecule has 7 nitrogen and oxygen atoms in total. The Kier molecular flexibility index (Phi) is 4.74. The molecule has 0 bridgehead atoms. The molecule has 1 aliphatic rings. The van der Waals surface area contributed by atoms with Gasteiger partial charge in [-0.15, -0.1) is 0 Å². The maximum Gasteiger partial charge on any atom is 0.258 e. The van der Waals surface area contributed by atoms with Gasteiger partial charge in [-0.1, -0.05) is 6.07 Å². The van der Waals surface area contributed by atoms with E-state index >= 15 is 0 Å². The summed E-state index contributed by atoms with van der Waals surface area (Å²) in [6.45, 7) is 3.37. The standard InChI is InChI=1S/C15H20N4O3S/c1-2-19-10-9-17-15(19)14-12(6-5-11-22-14)18-23(20,21)13-7-3-4-8-16-13/h3-4,7-10,12,14,18H,2,5-6,11H2,1H3/t12-,14-/m0/s1. The van der Waals surface area contributed by atoms with Gasteiger partial charge in [-0.2, -0.15) is 0 Å². The Morgan fingerprint density at radius 2 is 2.22 bits per heavy atom. The van der Waals surface area contributed by atoms with Crippen molar-refractivity contribution in [1.29, 1.82) is 0 Å². The van der Waals surface area contributed by atoms with Crippen molar-refractivity contribution < 1.29 is 13.2 Å². The predicted octanol–water partition coefficient (Wildman–Crippen LogP) is 1.50. The van der Waals surface area contributed by atoms with Crippen LogP contribution in [0.1, 0.15) is 31.7 Å². The second-order valence-electron chi connectivity index (χ2n) is 5.40. The highest BCUT2D eigenvalue weighted by Gasteiger charge is 2.34. The van der Waals surface area contributed by atoms with Gasteiger partial charge in [0.15, 0.2) is 5.03 Å². The second kappa shape index (κ2) is 6.77. The van der Waals surface area contributed by atoms with E-state index in [1.54, 1.807) is 18.3 Å². The van der Waals surface area contributed by atoms with Crippen LogP contribution < -0.4 is 4.72 Å². The van der Waals surface area contributed by atoms with Gasteiger partial charge in [-0.3, -0.25) is 0 Å². The summed E-state index contributed by atoms with van der Waals surface area (Å²) in [6.07, 6.45) is 6.16. The highest BCUT2D eigenvalue weighted by atomic mass is 32.2. The number of ether oxygens (including phenoxy) is 1. The largest absolute Gasteiger partial charge is 0.369 e. The maximum atomic E-state index is 12.5. The van der Waals surface area contributed by atoms with Gasteiger partial charge in [0.05, 0.1) is 6.04 Å². The van der Waals surface area contributed by atoms with Crippen LogP contribution in [0, 0.1) is 0 Å². The molecular weight excluding hydrogens is 316 g/mol. The number of pyridine rings is 1. The summed E-state index contributed by atoms with van der Waals surface area (Å²) < 4.78 is 35.6. The first kappa shape index (κ1) is 16.1. The number of hydrogen-bond donors (Lipinski definition) is 1. The first-order valence-corrected chi connectivity index (χ1v) is 9.16. The smallest absolute Gasteiger partial charge is 0.258 e. The molecule has 1 saturated heterocycles. The zero-order chi connectivity index (χ0) is 16.3. The van der Waals surface area contributed by atoms with Crippen LogP contribution in [-0.2, 0) is 21.3 Å². The maximum absolute atomic E-state index is 12.5. The second-order valence-corrected chi connectivity index (χ2v) is 7.06. The van der Waals surface area contributed by atoms with Crippen molar-refractivity contribution in [3.8, 4) is 0 Å². The Morgan fingerprint density at radius 1 is 1.35 bits per heavy atom. The van der Waals surface area contributed by atoms with E-state index in [0.29, 0.717) is 13.0 Å². The molecule has 2 aromatic rings. The summed E-state index contributed by atoms with van der Waals surface area (Å²) in [5.74, 6) is 0.751. The molecule has 0 saturated carbocycles. The van der Waals surface area contributed by atoms with Crippen molar-refractivity contribution in [2.24, 2.45) is 0 Å². The van der Waals surface area contributed by atoms with Gasteiger partial charge < -0.3 is 9.30 Å². The van der Waals surface area contributed by atoms with Crippen molar-refractivity contribution in [2.75, 3.05) is 6.61 Å². The monoisotopic (exact) mass is 336 g/mol. The first-order valence-electron chi connectivity index (χ1n) is 7.68. The summed E-state index contributed by atoms with van der Waals surface area (Å²) in [4.78, 5) is 8.28.